The van der Waals surface area contributed by atoms with Crippen LogP contribution >= 0.6 is 0 Å². The lowest BCUT2D eigenvalue weighted by Crippen LogP contribution is -2.63. The van der Waals surface area contributed by atoms with Gasteiger partial charge in [-0.25, -0.2) is 0 Å². The maximum absolute atomic E-state index is 14.1. The van der Waals surface area contributed by atoms with E-state index in [2.05, 4.69) is 26.1 Å². The summed E-state index contributed by atoms with van der Waals surface area (Å²) in [5.74, 6) is -0.0549. The average Bonchev–Trinajstić information content (AvgIpc) is 3.36. The van der Waals surface area contributed by atoms with Crippen LogP contribution in [0.2, 0.25) is 0 Å². The Morgan fingerprint density at radius 3 is 2.79 bits per heavy atom. The number of carbonyl (C=O) groups is 3. The summed E-state index contributed by atoms with van der Waals surface area (Å²) in [5.41, 5.74) is -1.14. The molecule has 2 N–H and O–H groups in total. The molecular formula is C30H44N2O7. The molecule has 1 heterocycles. The minimum atomic E-state index is -1.22. The number of allylic oxidation sites excluding steroid dienone is 4. The number of nitrogens with one attached hydrogen (secondary N) is 1. The second-order valence-electron chi connectivity index (χ2n) is 12.7. The Morgan fingerprint density at radius 1 is 1.31 bits per heavy atom. The van der Waals surface area contributed by atoms with Gasteiger partial charge in [-0.05, 0) is 63.1 Å². The third kappa shape index (κ3) is 4.36. The first-order valence-corrected chi connectivity index (χ1v) is 14.5. The van der Waals surface area contributed by atoms with Gasteiger partial charge in [0.25, 0.3) is 0 Å². The van der Waals surface area contributed by atoms with Crippen molar-refractivity contribution in [3.05, 3.63) is 23.8 Å². The van der Waals surface area contributed by atoms with Gasteiger partial charge < -0.3 is 29.5 Å². The first-order valence-electron chi connectivity index (χ1n) is 14.5. The maximum Gasteiger partial charge on any atom is 0.238 e. The van der Waals surface area contributed by atoms with Crippen molar-refractivity contribution in [1.29, 1.82) is 0 Å². The van der Waals surface area contributed by atoms with Crippen LogP contribution in [0.4, 0.5) is 0 Å². The zero-order valence-electron chi connectivity index (χ0n) is 23.9. The smallest absolute Gasteiger partial charge is 0.238 e. The molecule has 4 aliphatic carbocycles. The van der Waals surface area contributed by atoms with Crippen molar-refractivity contribution in [1.82, 2.24) is 10.2 Å². The van der Waals surface area contributed by atoms with Crippen molar-refractivity contribution in [2.45, 2.75) is 83.4 Å². The molecule has 1 unspecified atom stereocenters. The van der Waals surface area contributed by atoms with E-state index >= 15 is 0 Å². The lowest BCUT2D eigenvalue weighted by molar-refractivity contribution is -0.201. The average molecular weight is 545 g/mol. The van der Waals surface area contributed by atoms with Gasteiger partial charge in [0.15, 0.2) is 23.5 Å². The molecule has 9 atom stereocenters. The quantitative estimate of drug-likeness (QED) is 0.426. The lowest BCUT2D eigenvalue weighted by Gasteiger charge is -2.59. The third-order valence-electron chi connectivity index (χ3n) is 10.5. The molecular weight excluding hydrogens is 500 g/mol. The van der Waals surface area contributed by atoms with Crippen molar-refractivity contribution in [3.63, 3.8) is 0 Å². The Morgan fingerprint density at radius 2 is 2.08 bits per heavy atom. The normalized spacial score (nSPS) is 42.3. The van der Waals surface area contributed by atoms with Crippen molar-refractivity contribution >= 4 is 17.5 Å². The molecule has 1 saturated heterocycles. The Kier molecular flexibility index (Phi) is 7.70. The minimum Gasteiger partial charge on any atom is -0.393 e. The van der Waals surface area contributed by atoms with Crippen molar-refractivity contribution in [2.75, 3.05) is 34.0 Å². The highest BCUT2D eigenvalue weighted by atomic mass is 16.7. The van der Waals surface area contributed by atoms with Crippen LogP contribution in [-0.4, -0.2) is 85.6 Å². The number of ether oxygens (including phenoxy) is 3. The van der Waals surface area contributed by atoms with E-state index < -0.39 is 29.5 Å². The molecule has 9 nitrogen and oxygen atoms in total. The largest absolute Gasteiger partial charge is 0.393 e. The van der Waals surface area contributed by atoms with E-state index in [9.17, 15) is 19.5 Å². The molecule has 0 aromatic carbocycles. The molecule has 5 aliphatic rings. The van der Waals surface area contributed by atoms with Crippen molar-refractivity contribution in [3.8, 4) is 0 Å². The zero-order valence-corrected chi connectivity index (χ0v) is 23.9. The van der Waals surface area contributed by atoms with Crippen LogP contribution in [0.1, 0.15) is 59.3 Å². The summed E-state index contributed by atoms with van der Waals surface area (Å²) >= 11 is 0. The van der Waals surface area contributed by atoms with Crippen LogP contribution in [0.15, 0.2) is 23.8 Å². The van der Waals surface area contributed by atoms with Crippen LogP contribution in [0.3, 0.4) is 0 Å². The highest BCUT2D eigenvalue weighted by Crippen LogP contribution is 2.69. The number of Topliss-reactive ketones (excluding diaryl/α,β-unsaturated/α-hetero) is 1. The standard InChI is InChI=1S/C30H44N2O7/c1-6-7-26-38-24-13-21-20-9-8-18-12-19(33)10-11-28(18,2)27(20)22(34)14-29(21,3)30(24,39-26)23(35)16-37-17-32(5)25(36)15-31-4/h10-12,20-22,24,26-27,31,34H,6-9,13-17H2,1-5H3/t20-,21-,22-,24+,26?,27+,28-,29-,30+/m0/s1. The number of hydrogen-bond donors (Lipinski definition) is 2. The van der Waals surface area contributed by atoms with Gasteiger partial charge in [0.05, 0.1) is 18.8 Å². The Bertz CT molecular complexity index is 1070. The SMILES string of the molecule is CCCC1O[C@@H]2C[C@H]3[C@@H]4CCC5=CC(=O)C=C[C@]5(C)[C@H]4[C@@H](O)C[C@]3(C)[C@]2(C(=O)COCN(C)C(=O)CNC)O1. The molecule has 4 fully saturated rings. The number of carbonyl (C=O) groups excluding carboxylic acids is 3. The van der Waals surface area contributed by atoms with Gasteiger partial charge in [0.1, 0.15) is 13.3 Å². The van der Waals surface area contributed by atoms with Crippen LogP contribution in [-0.2, 0) is 28.6 Å². The number of amides is 1. The first kappa shape index (κ1) is 28.6. The number of likely N-dealkylation sites (N-methyl/N-ethyl adjacent to an activating group) is 2. The number of hydrogen-bond acceptors (Lipinski definition) is 8. The van der Waals surface area contributed by atoms with Crippen LogP contribution in [0.5, 0.6) is 0 Å². The Hall–Kier alpha value is -1.91. The van der Waals surface area contributed by atoms with E-state index in [4.69, 9.17) is 14.2 Å². The number of aliphatic hydroxyl groups is 1. The number of nitrogens with zero attached hydrogens (tertiary/aromatic N) is 1. The van der Waals surface area contributed by atoms with Gasteiger partial charge in [-0.2, -0.15) is 0 Å². The fourth-order valence-electron chi connectivity index (χ4n) is 8.75. The lowest BCUT2D eigenvalue weighted by atomic mass is 9.46. The van der Waals surface area contributed by atoms with E-state index in [1.807, 2.05) is 6.08 Å². The summed E-state index contributed by atoms with van der Waals surface area (Å²) in [5, 5.41) is 14.6. The monoisotopic (exact) mass is 544 g/mol. The van der Waals surface area contributed by atoms with E-state index in [1.165, 1.54) is 4.90 Å². The fraction of sp³-hybridized carbons (Fsp3) is 0.767. The highest BCUT2D eigenvalue weighted by molar-refractivity contribution is 6.01. The third-order valence-corrected chi connectivity index (χ3v) is 10.5. The molecule has 0 aromatic rings. The Balaban J connectivity index is 1.42. The van der Waals surface area contributed by atoms with Gasteiger partial charge >= 0.3 is 0 Å². The molecule has 9 heteroatoms. The molecule has 216 valence electrons. The van der Waals surface area contributed by atoms with Gasteiger partial charge in [0, 0.05) is 23.8 Å². The van der Waals surface area contributed by atoms with Crippen molar-refractivity contribution < 1.29 is 33.7 Å². The fourth-order valence-corrected chi connectivity index (χ4v) is 8.75. The summed E-state index contributed by atoms with van der Waals surface area (Å²) in [4.78, 5) is 39.8. The molecule has 0 radical (unpaired) electrons. The second-order valence-corrected chi connectivity index (χ2v) is 12.7. The Labute approximate surface area is 231 Å². The summed E-state index contributed by atoms with van der Waals surface area (Å²) in [7, 11) is 3.34. The van der Waals surface area contributed by atoms with Gasteiger partial charge in [-0.15, -0.1) is 0 Å². The predicted molar refractivity (Wildman–Crippen MR) is 143 cm³/mol. The molecule has 39 heavy (non-hydrogen) atoms. The van der Waals surface area contributed by atoms with E-state index in [-0.39, 0.29) is 60.5 Å². The van der Waals surface area contributed by atoms with Gasteiger partial charge in [0.2, 0.25) is 5.91 Å². The van der Waals surface area contributed by atoms with Crippen molar-refractivity contribution in [2.24, 2.45) is 28.6 Å². The number of aliphatic hydroxyl groups excluding tert-OH is 1. The summed E-state index contributed by atoms with van der Waals surface area (Å²) < 4.78 is 18.9. The topological polar surface area (TPSA) is 114 Å². The van der Waals surface area contributed by atoms with Gasteiger partial charge in [-0.3, -0.25) is 14.4 Å². The van der Waals surface area contributed by atoms with Crippen LogP contribution in [0, 0.1) is 28.6 Å². The molecule has 1 amide bonds. The molecule has 1 aliphatic heterocycles. The predicted octanol–water partition coefficient (Wildman–Crippen LogP) is 2.38. The number of fused-ring (bicyclic) bond motifs is 7. The summed E-state index contributed by atoms with van der Waals surface area (Å²) in [6.45, 7) is 6.30. The van der Waals surface area contributed by atoms with E-state index in [0.29, 0.717) is 19.3 Å². The molecule has 3 saturated carbocycles. The summed E-state index contributed by atoms with van der Waals surface area (Å²) in [6, 6.07) is 0. The van der Waals surface area contributed by atoms with Gasteiger partial charge in [-0.1, -0.05) is 38.8 Å². The van der Waals surface area contributed by atoms with Crippen LogP contribution < -0.4 is 5.32 Å². The molecule has 0 aromatic heterocycles. The van der Waals surface area contributed by atoms with Crippen LogP contribution in [0.25, 0.3) is 0 Å². The zero-order chi connectivity index (χ0) is 28.2. The minimum absolute atomic E-state index is 0.00175. The van der Waals surface area contributed by atoms with E-state index in [1.54, 1.807) is 26.2 Å². The number of rotatable bonds is 9. The second kappa shape index (κ2) is 10.5. The highest BCUT2D eigenvalue weighted by Gasteiger charge is 2.75. The van der Waals surface area contributed by atoms with E-state index in [0.717, 1.165) is 24.8 Å². The molecule has 0 bridgehead atoms. The first-order chi connectivity index (χ1) is 18.5. The maximum atomic E-state index is 14.1. The molecule has 5 rings (SSSR count). The number of ketones is 2. The molecule has 0 spiro atoms. The summed E-state index contributed by atoms with van der Waals surface area (Å²) in [6.07, 6.45) is 8.15.